The van der Waals surface area contributed by atoms with Gasteiger partial charge >= 0.3 is 0 Å². The average molecular weight is 218 g/mol. The van der Waals surface area contributed by atoms with Crippen molar-refractivity contribution in [3.63, 3.8) is 0 Å². The van der Waals surface area contributed by atoms with Crippen LogP contribution in [0, 0.1) is 13.8 Å². The number of nitrogens with zero attached hydrogens (tertiary/aromatic N) is 1. The Morgan fingerprint density at radius 1 is 1.31 bits per heavy atom. The van der Waals surface area contributed by atoms with E-state index in [1.807, 2.05) is 26.0 Å². The molecule has 0 amide bonds. The minimum Gasteiger partial charge on any atom is -0.508 e. The van der Waals surface area contributed by atoms with Gasteiger partial charge in [0.25, 0.3) is 0 Å². The molecule has 0 fully saturated rings. The molecule has 84 valence electrons. The molecule has 4 nitrogen and oxygen atoms in total. The highest BCUT2D eigenvalue weighted by atomic mass is 16.5. The van der Waals surface area contributed by atoms with E-state index >= 15 is 0 Å². The van der Waals surface area contributed by atoms with Gasteiger partial charge < -0.3 is 14.9 Å². The highest BCUT2D eigenvalue weighted by molar-refractivity contribution is 5.51. The summed E-state index contributed by atoms with van der Waals surface area (Å²) in [6.07, 6.45) is 0. The van der Waals surface area contributed by atoms with Crippen LogP contribution in [0.15, 0.2) is 28.8 Å². The number of phenols is 1. The molecule has 0 radical (unpaired) electrons. The molecule has 0 aliphatic heterocycles. The van der Waals surface area contributed by atoms with Gasteiger partial charge in [0, 0.05) is 12.1 Å². The maximum absolute atomic E-state index is 9.60. The summed E-state index contributed by atoms with van der Waals surface area (Å²) in [4.78, 5) is 0. The molecule has 0 aliphatic rings. The van der Waals surface area contributed by atoms with Gasteiger partial charge in [-0.15, -0.1) is 0 Å². The first-order valence-electron chi connectivity index (χ1n) is 5.12. The molecular formula is C12H14N2O2. The van der Waals surface area contributed by atoms with Crippen LogP contribution < -0.4 is 5.32 Å². The molecule has 1 aromatic carbocycles. The first-order chi connectivity index (χ1) is 7.68. The van der Waals surface area contributed by atoms with Gasteiger partial charge in [0.2, 0.25) is 0 Å². The van der Waals surface area contributed by atoms with Crippen molar-refractivity contribution in [2.45, 2.75) is 20.4 Å². The Bertz CT molecular complexity index is 472. The molecule has 0 bridgehead atoms. The highest BCUT2D eigenvalue weighted by Gasteiger charge is 2.08. The normalized spacial score (nSPS) is 10.4. The standard InChI is InChI=1S/C12H14N2O2/c1-8-12(9(2)16-14-8)13-7-10-5-3-4-6-11(10)15/h3-6,13,15H,7H2,1-2H3. The van der Waals surface area contributed by atoms with Gasteiger partial charge in [-0.2, -0.15) is 0 Å². The number of aromatic hydroxyl groups is 1. The van der Waals surface area contributed by atoms with Gasteiger partial charge in [-0.25, -0.2) is 0 Å². The van der Waals surface area contributed by atoms with Crippen molar-refractivity contribution in [3.05, 3.63) is 41.3 Å². The van der Waals surface area contributed by atoms with Crippen LogP contribution >= 0.6 is 0 Å². The van der Waals surface area contributed by atoms with E-state index in [0.717, 1.165) is 22.7 Å². The van der Waals surface area contributed by atoms with Gasteiger partial charge in [0.15, 0.2) is 5.76 Å². The van der Waals surface area contributed by atoms with Crippen molar-refractivity contribution in [3.8, 4) is 5.75 Å². The second-order valence-electron chi connectivity index (χ2n) is 3.68. The highest BCUT2D eigenvalue weighted by Crippen LogP contribution is 2.22. The maximum atomic E-state index is 9.60. The quantitative estimate of drug-likeness (QED) is 0.831. The number of para-hydroxylation sites is 1. The smallest absolute Gasteiger partial charge is 0.157 e. The van der Waals surface area contributed by atoms with E-state index in [0.29, 0.717) is 12.3 Å². The molecule has 0 saturated carbocycles. The Labute approximate surface area is 93.9 Å². The summed E-state index contributed by atoms with van der Waals surface area (Å²) in [6, 6.07) is 7.24. The number of hydrogen-bond donors (Lipinski definition) is 2. The fourth-order valence-electron chi connectivity index (χ4n) is 1.58. The zero-order chi connectivity index (χ0) is 11.5. The van der Waals surface area contributed by atoms with E-state index in [9.17, 15) is 5.11 Å². The van der Waals surface area contributed by atoms with Crippen molar-refractivity contribution >= 4 is 5.69 Å². The average Bonchev–Trinajstić information content (AvgIpc) is 2.58. The summed E-state index contributed by atoms with van der Waals surface area (Å²) >= 11 is 0. The molecule has 0 spiro atoms. The number of anilines is 1. The SMILES string of the molecule is Cc1noc(C)c1NCc1ccccc1O. The van der Waals surface area contributed by atoms with E-state index in [2.05, 4.69) is 10.5 Å². The fourth-order valence-corrected chi connectivity index (χ4v) is 1.58. The summed E-state index contributed by atoms with van der Waals surface area (Å²) in [7, 11) is 0. The molecule has 0 saturated heterocycles. The van der Waals surface area contributed by atoms with Crippen LogP contribution in [-0.4, -0.2) is 10.3 Å². The first kappa shape index (κ1) is 10.5. The van der Waals surface area contributed by atoms with Gasteiger partial charge in [-0.05, 0) is 19.9 Å². The number of hydrogen-bond acceptors (Lipinski definition) is 4. The third kappa shape index (κ3) is 2.00. The van der Waals surface area contributed by atoms with Crippen LogP contribution in [0.4, 0.5) is 5.69 Å². The molecule has 0 aliphatic carbocycles. The third-order valence-electron chi connectivity index (χ3n) is 2.48. The minimum atomic E-state index is 0.293. The fraction of sp³-hybridized carbons (Fsp3) is 0.250. The lowest BCUT2D eigenvalue weighted by Gasteiger charge is -2.06. The molecule has 4 heteroatoms. The molecule has 2 aromatic rings. The van der Waals surface area contributed by atoms with Crippen molar-refractivity contribution in [2.24, 2.45) is 0 Å². The molecule has 1 aromatic heterocycles. The summed E-state index contributed by atoms with van der Waals surface area (Å²) in [5.41, 5.74) is 2.57. The summed E-state index contributed by atoms with van der Waals surface area (Å²) in [5, 5.41) is 16.7. The predicted molar refractivity (Wildman–Crippen MR) is 61.4 cm³/mol. The van der Waals surface area contributed by atoms with E-state index in [1.54, 1.807) is 12.1 Å². The number of nitrogens with one attached hydrogen (secondary N) is 1. The third-order valence-corrected chi connectivity index (χ3v) is 2.48. The lowest BCUT2D eigenvalue weighted by Crippen LogP contribution is -2.01. The number of benzene rings is 1. The zero-order valence-corrected chi connectivity index (χ0v) is 9.32. The Morgan fingerprint density at radius 3 is 2.69 bits per heavy atom. The monoisotopic (exact) mass is 218 g/mol. The predicted octanol–water partition coefficient (Wildman–Crippen LogP) is 2.61. The Kier molecular flexibility index (Phi) is 2.81. The number of rotatable bonds is 3. The van der Waals surface area contributed by atoms with E-state index in [4.69, 9.17) is 4.52 Å². The molecular weight excluding hydrogens is 204 g/mol. The molecule has 16 heavy (non-hydrogen) atoms. The van der Waals surface area contributed by atoms with Crippen molar-refractivity contribution in [2.75, 3.05) is 5.32 Å². The Balaban J connectivity index is 2.11. The van der Waals surface area contributed by atoms with Crippen molar-refractivity contribution in [1.82, 2.24) is 5.16 Å². The van der Waals surface area contributed by atoms with Crippen LogP contribution in [0.1, 0.15) is 17.0 Å². The molecule has 0 unspecified atom stereocenters. The Morgan fingerprint density at radius 2 is 2.06 bits per heavy atom. The minimum absolute atomic E-state index is 0.293. The molecule has 2 rings (SSSR count). The Hall–Kier alpha value is -1.97. The van der Waals surface area contributed by atoms with E-state index in [-0.39, 0.29) is 0 Å². The second kappa shape index (κ2) is 4.26. The van der Waals surface area contributed by atoms with Crippen LogP contribution in [0.3, 0.4) is 0 Å². The number of aryl methyl sites for hydroxylation is 2. The van der Waals surface area contributed by atoms with E-state index < -0.39 is 0 Å². The van der Waals surface area contributed by atoms with Gasteiger partial charge in [0.1, 0.15) is 17.1 Å². The molecule has 1 heterocycles. The van der Waals surface area contributed by atoms with Gasteiger partial charge in [0.05, 0.1) is 0 Å². The zero-order valence-electron chi connectivity index (χ0n) is 9.32. The van der Waals surface area contributed by atoms with Crippen LogP contribution in [0.5, 0.6) is 5.75 Å². The van der Waals surface area contributed by atoms with Crippen molar-refractivity contribution in [1.29, 1.82) is 0 Å². The molecule has 0 atom stereocenters. The summed E-state index contributed by atoms with van der Waals surface area (Å²) in [6.45, 7) is 4.28. The maximum Gasteiger partial charge on any atom is 0.157 e. The number of phenolic OH excluding ortho intramolecular Hbond substituents is 1. The molecule has 2 N–H and O–H groups in total. The van der Waals surface area contributed by atoms with Crippen LogP contribution in [-0.2, 0) is 6.54 Å². The van der Waals surface area contributed by atoms with E-state index in [1.165, 1.54) is 0 Å². The van der Waals surface area contributed by atoms with Crippen molar-refractivity contribution < 1.29 is 9.63 Å². The largest absolute Gasteiger partial charge is 0.508 e. The van der Waals surface area contributed by atoms with Crippen LogP contribution in [0.2, 0.25) is 0 Å². The first-order valence-corrected chi connectivity index (χ1v) is 5.12. The van der Waals surface area contributed by atoms with Gasteiger partial charge in [-0.3, -0.25) is 0 Å². The van der Waals surface area contributed by atoms with Crippen LogP contribution in [0.25, 0.3) is 0 Å². The van der Waals surface area contributed by atoms with Gasteiger partial charge in [-0.1, -0.05) is 23.4 Å². The lowest BCUT2D eigenvalue weighted by molar-refractivity contribution is 0.393. The summed E-state index contributed by atoms with van der Waals surface area (Å²) < 4.78 is 5.04. The lowest BCUT2D eigenvalue weighted by atomic mass is 10.2. The summed E-state index contributed by atoms with van der Waals surface area (Å²) in [5.74, 6) is 1.05. The number of aromatic nitrogens is 1. The topological polar surface area (TPSA) is 58.3 Å². The second-order valence-corrected chi connectivity index (χ2v) is 3.68.